The highest BCUT2D eigenvalue weighted by molar-refractivity contribution is 5.90. The van der Waals surface area contributed by atoms with Gasteiger partial charge in [-0.05, 0) is 24.0 Å². The van der Waals surface area contributed by atoms with Crippen molar-refractivity contribution in [2.45, 2.75) is 6.92 Å². The monoisotopic (exact) mass is 236 g/mol. The lowest BCUT2D eigenvalue weighted by molar-refractivity contribution is -0.595. The molecule has 0 bridgehead atoms. The summed E-state index contributed by atoms with van der Waals surface area (Å²) in [6.07, 6.45) is 1.32. The van der Waals surface area contributed by atoms with Crippen LogP contribution in [0, 0.1) is 12.1 Å². The molecule has 3 nitrogen and oxygen atoms in total. The Morgan fingerprint density at radius 3 is 2.61 bits per heavy atom. The summed E-state index contributed by atoms with van der Waals surface area (Å²) in [6.45, 7) is 2.01. The van der Waals surface area contributed by atoms with E-state index >= 15 is 0 Å². The third kappa shape index (κ3) is 1.70. The molecule has 2 aromatic carbocycles. The summed E-state index contributed by atoms with van der Waals surface area (Å²) in [6, 6.07) is 15.6. The number of aryl methyl sites for hydroxylation is 1. The van der Waals surface area contributed by atoms with Crippen molar-refractivity contribution in [3.63, 3.8) is 0 Å². The van der Waals surface area contributed by atoms with Crippen LogP contribution in [-0.4, -0.2) is 4.98 Å². The molecule has 18 heavy (non-hydrogen) atoms. The van der Waals surface area contributed by atoms with E-state index in [2.05, 4.69) is 4.98 Å². The minimum absolute atomic E-state index is 0.657. The smallest absolute Gasteiger partial charge is 0.290 e. The summed E-state index contributed by atoms with van der Waals surface area (Å²) in [4.78, 5) is 4.16. The van der Waals surface area contributed by atoms with Gasteiger partial charge < -0.3 is 5.21 Å². The van der Waals surface area contributed by atoms with Gasteiger partial charge in [0.1, 0.15) is 5.69 Å². The Kier molecular flexibility index (Phi) is 2.45. The van der Waals surface area contributed by atoms with Crippen molar-refractivity contribution in [1.82, 2.24) is 4.98 Å². The van der Waals surface area contributed by atoms with Gasteiger partial charge in [0.15, 0.2) is 5.52 Å². The number of nitrogens with zero attached hydrogens (tertiary/aromatic N) is 2. The molecule has 0 amide bonds. The molecule has 0 aliphatic heterocycles. The predicted molar refractivity (Wildman–Crippen MR) is 70.9 cm³/mol. The van der Waals surface area contributed by atoms with Gasteiger partial charge in [0, 0.05) is 5.56 Å². The van der Waals surface area contributed by atoms with Crippen LogP contribution in [0.2, 0.25) is 0 Å². The summed E-state index contributed by atoms with van der Waals surface area (Å²) >= 11 is 0. The fourth-order valence-corrected chi connectivity index (χ4v) is 2.12. The molecule has 3 rings (SSSR count). The van der Waals surface area contributed by atoms with E-state index in [4.69, 9.17) is 0 Å². The Morgan fingerprint density at radius 1 is 1.06 bits per heavy atom. The van der Waals surface area contributed by atoms with Crippen LogP contribution in [0.5, 0.6) is 0 Å². The maximum Gasteiger partial charge on any atom is 0.290 e. The lowest BCUT2D eigenvalue weighted by Crippen LogP contribution is -2.29. The van der Waals surface area contributed by atoms with Crippen LogP contribution in [0.3, 0.4) is 0 Å². The SMILES string of the molecule is Cc1ccc2nc[n+]([O-])c(-c3ccccc3)c2c1. The molecular formula is C15H12N2O. The van der Waals surface area contributed by atoms with E-state index in [0.717, 1.165) is 26.8 Å². The highest BCUT2D eigenvalue weighted by atomic mass is 16.5. The van der Waals surface area contributed by atoms with Gasteiger partial charge in [0.2, 0.25) is 0 Å². The molecule has 0 fully saturated rings. The first-order chi connectivity index (χ1) is 8.75. The first kappa shape index (κ1) is 10.7. The predicted octanol–water partition coefficient (Wildman–Crippen LogP) is 2.84. The second-order valence-corrected chi connectivity index (χ2v) is 4.31. The van der Waals surface area contributed by atoms with Crippen molar-refractivity contribution in [3.8, 4) is 11.3 Å². The van der Waals surface area contributed by atoms with Crippen LogP contribution in [0.4, 0.5) is 0 Å². The summed E-state index contributed by atoms with van der Waals surface area (Å²) in [5.41, 5.74) is 3.52. The number of hydrogen-bond acceptors (Lipinski definition) is 2. The summed E-state index contributed by atoms with van der Waals surface area (Å²) in [5.74, 6) is 0. The molecule has 3 heteroatoms. The van der Waals surface area contributed by atoms with Gasteiger partial charge in [-0.2, -0.15) is 0 Å². The van der Waals surface area contributed by atoms with E-state index in [-0.39, 0.29) is 0 Å². The quantitative estimate of drug-likeness (QED) is 0.481. The van der Waals surface area contributed by atoms with Crippen LogP contribution in [-0.2, 0) is 0 Å². The van der Waals surface area contributed by atoms with E-state index < -0.39 is 0 Å². The zero-order valence-electron chi connectivity index (χ0n) is 10.00. The van der Waals surface area contributed by atoms with Gasteiger partial charge in [-0.15, -0.1) is 0 Å². The Labute approximate surface area is 105 Å². The van der Waals surface area contributed by atoms with E-state index in [1.807, 2.05) is 55.5 Å². The maximum absolute atomic E-state index is 12.0. The summed E-state index contributed by atoms with van der Waals surface area (Å²) < 4.78 is 0.830. The molecule has 0 aliphatic rings. The average molecular weight is 236 g/mol. The standard InChI is InChI=1S/C15H12N2O/c1-11-7-8-14-13(9-11)15(17(18)10-16-14)12-5-3-2-4-6-12/h2-10H,1H3. The minimum Gasteiger partial charge on any atom is -0.710 e. The van der Waals surface area contributed by atoms with Crippen molar-refractivity contribution in [1.29, 1.82) is 0 Å². The van der Waals surface area contributed by atoms with Gasteiger partial charge in [-0.1, -0.05) is 42.0 Å². The van der Waals surface area contributed by atoms with Crippen LogP contribution in [0.1, 0.15) is 5.56 Å². The highest BCUT2D eigenvalue weighted by Crippen LogP contribution is 2.24. The van der Waals surface area contributed by atoms with Crippen LogP contribution >= 0.6 is 0 Å². The third-order valence-electron chi connectivity index (χ3n) is 2.98. The number of aromatic nitrogens is 2. The largest absolute Gasteiger partial charge is 0.710 e. The topological polar surface area (TPSA) is 39.8 Å². The van der Waals surface area contributed by atoms with Crippen molar-refractivity contribution in [3.05, 3.63) is 65.6 Å². The molecule has 0 unspecified atom stereocenters. The number of rotatable bonds is 1. The Morgan fingerprint density at radius 2 is 1.83 bits per heavy atom. The summed E-state index contributed by atoms with van der Waals surface area (Å²) in [7, 11) is 0. The Hall–Kier alpha value is -2.42. The first-order valence-electron chi connectivity index (χ1n) is 5.79. The minimum atomic E-state index is 0.657. The second kappa shape index (κ2) is 4.11. The number of benzene rings is 2. The maximum atomic E-state index is 12.0. The average Bonchev–Trinajstić information content (AvgIpc) is 2.39. The molecule has 0 atom stereocenters. The van der Waals surface area contributed by atoms with E-state index in [1.165, 1.54) is 6.33 Å². The van der Waals surface area contributed by atoms with Crippen molar-refractivity contribution < 1.29 is 4.73 Å². The number of fused-ring (bicyclic) bond motifs is 1. The molecule has 88 valence electrons. The van der Waals surface area contributed by atoms with E-state index in [9.17, 15) is 5.21 Å². The zero-order valence-corrected chi connectivity index (χ0v) is 10.00. The molecule has 0 spiro atoms. The lowest BCUT2D eigenvalue weighted by Gasteiger charge is -2.10. The third-order valence-corrected chi connectivity index (χ3v) is 2.98. The van der Waals surface area contributed by atoms with Crippen LogP contribution < -0.4 is 4.73 Å². The zero-order chi connectivity index (χ0) is 12.5. The molecule has 1 heterocycles. The molecule has 0 aliphatic carbocycles. The molecule has 0 radical (unpaired) electrons. The fraction of sp³-hybridized carbons (Fsp3) is 0.0667. The van der Waals surface area contributed by atoms with E-state index in [1.54, 1.807) is 0 Å². The molecule has 3 aromatic rings. The Balaban J connectivity index is 2.40. The molecule has 0 N–H and O–H groups in total. The molecule has 1 aromatic heterocycles. The van der Waals surface area contributed by atoms with Crippen molar-refractivity contribution in [2.24, 2.45) is 0 Å². The van der Waals surface area contributed by atoms with Gasteiger partial charge in [-0.3, -0.25) is 0 Å². The van der Waals surface area contributed by atoms with Crippen molar-refractivity contribution in [2.75, 3.05) is 0 Å². The molecule has 0 saturated heterocycles. The fourth-order valence-electron chi connectivity index (χ4n) is 2.12. The van der Waals surface area contributed by atoms with Gasteiger partial charge in [0.25, 0.3) is 6.33 Å². The van der Waals surface area contributed by atoms with E-state index in [0.29, 0.717) is 5.69 Å². The number of hydrogen-bond donors (Lipinski definition) is 0. The van der Waals surface area contributed by atoms with Gasteiger partial charge >= 0.3 is 0 Å². The molecule has 0 saturated carbocycles. The summed E-state index contributed by atoms with van der Waals surface area (Å²) in [5, 5.41) is 12.9. The highest BCUT2D eigenvalue weighted by Gasteiger charge is 2.12. The first-order valence-corrected chi connectivity index (χ1v) is 5.79. The van der Waals surface area contributed by atoms with Crippen LogP contribution in [0.25, 0.3) is 22.2 Å². The van der Waals surface area contributed by atoms with Crippen molar-refractivity contribution >= 4 is 10.9 Å². The second-order valence-electron chi connectivity index (χ2n) is 4.31. The van der Waals surface area contributed by atoms with Gasteiger partial charge in [-0.25, -0.2) is 4.73 Å². The van der Waals surface area contributed by atoms with Gasteiger partial charge in [0.05, 0.1) is 5.39 Å². The lowest BCUT2D eigenvalue weighted by atomic mass is 10.0. The molecular weight excluding hydrogens is 224 g/mol. The van der Waals surface area contributed by atoms with Crippen LogP contribution in [0.15, 0.2) is 54.9 Å². The Bertz CT molecular complexity index is 703. The normalized spacial score (nSPS) is 10.7.